The Balaban J connectivity index is 1.63. The number of allylic oxidation sites excluding steroid dienone is 1. The van der Waals surface area contributed by atoms with Crippen LogP contribution in [0.3, 0.4) is 0 Å². The van der Waals surface area contributed by atoms with E-state index in [2.05, 4.69) is 13.0 Å². The number of nitriles is 1. The number of esters is 1. The third-order valence-electron chi connectivity index (χ3n) is 6.37. The van der Waals surface area contributed by atoms with Crippen LogP contribution in [0.4, 0.5) is 0 Å². The van der Waals surface area contributed by atoms with Gasteiger partial charge in [-0.2, -0.15) is 5.26 Å². The Morgan fingerprint density at radius 2 is 1.77 bits per heavy atom. The minimum absolute atomic E-state index is 0.0453. The van der Waals surface area contributed by atoms with Gasteiger partial charge in [0.25, 0.3) is 0 Å². The number of nitrogens with zero attached hydrogens (tertiary/aromatic N) is 1. The highest BCUT2D eigenvalue weighted by Crippen LogP contribution is 2.45. The molecule has 3 aromatic rings. The van der Waals surface area contributed by atoms with Gasteiger partial charge >= 0.3 is 5.97 Å². The SMILES string of the molecule is CCCCCOc1ccc(C2C(C#N)=C(N)Oc3cc(OC(=O)c4cc(Cl)c(OC)c(Cl)c4)ccc32)cc1OC. The predicted octanol–water partition coefficient (Wildman–Crippen LogP) is 7.02. The van der Waals surface area contributed by atoms with E-state index in [9.17, 15) is 10.1 Å². The molecule has 10 heteroatoms. The van der Waals surface area contributed by atoms with Crippen molar-refractivity contribution < 1.29 is 28.5 Å². The lowest BCUT2D eigenvalue weighted by molar-refractivity contribution is 0.0734. The second-order valence-corrected chi connectivity index (χ2v) is 9.77. The Bertz CT molecular complexity index is 1470. The third kappa shape index (κ3) is 6.06. The van der Waals surface area contributed by atoms with Gasteiger partial charge in [0, 0.05) is 11.6 Å². The van der Waals surface area contributed by atoms with Crippen molar-refractivity contribution in [3.8, 4) is 34.8 Å². The molecule has 1 aliphatic heterocycles. The van der Waals surface area contributed by atoms with E-state index in [-0.39, 0.29) is 38.6 Å². The van der Waals surface area contributed by atoms with E-state index in [4.69, 9.17) is 52.6 Å². The first-order valence-corrected chi connectivity index (χ1v) is 13.3. The number of hydrogen-bond acceptors (Lipinski definition) is 8. The number of hydrogen-bond donors (Lipinski definition) is 1. The topological polar surface area (TPSA) is 113 Å². The normalized spacial score (nSPS) is 14.1. The summed E-state index contributed by atoms with van der Waals surface area (Å²) in [5, 5.41) is 10.3. The first kappa shape index (κ1) is 28.9. The van der Waals surface area contributed by atoms with Crippen LogP contribution in [-0.4, -0.2) is 26.8 Å². The zero-order valence-electron chi connectivity index (χ0n) is 22.3. The number of rotatable bonds is 10. The van der Waals surface area contributed by atoms with Crippen LogP contribution in [0.25, 0.3) is 0 Å². The summed E-state index contributed by atoms with van der Waals surface area (Å²) in [7, 11) is 2.99. The van der Waals surface area contributed by atoms with Crippen LogP contribution in [0.15, 0.2) is 60.0 Å². The fraction of sp³-hybridized carbons (Fsp3) is 0.267. The zero-order valence-corrected chi connectivity index (χ0v) is 23.8. The number of benzene rings is 3. The van der Waals surface area contributed by atoms with E-state index in [1.54, 1.807) is 19.2 Å². The summed E-state index contributed by atoms with van der Waals surface area (Å²) in [4.78, 5) is 12.8. The number of unbranched alkanes of at least 4 members (excludes halogenated alkanes) is 2. The molecule has 208 valence electrons. The smallest absolute Gasteiger partial charge is 0.343 e. The highest BCUT2D eigenvalue weighted by atomic mass is 35.5. The van der Waals surface area contributed by atoms with Gasteiger partial charge in [-0.3, -0.25) is 0 Å². The standard InChI is InChI=1S/C30H28Cl2N2O6/c1-4-5-6-11-38-24-10-7-17(14-26(24)36-2)27-20-9-8-19(15-25(20)40-29(34)21(27)16-33)39-30(35)18-12-22(31)28(37-3)23(32)13-18/h7-10,12-15,27H,4-6,11,34H2,1-3H3. The van der Waals surface area contributed by atoms with E-state index in [0.29, 0.717) is 29.4 Å². The van der Waals surface area contributed by atoms with Crippen LogP contribution >= 0.6 is 23.2 Å². The van der Waals surface area contributed by atoms with Gasteiger partial charge in [-0.05, 0) is 42.3 Å². The second-order valence-electron chi connectivity index (χ2n) is 8.95. The van der Waals surface area contributed by atoms with E-state index in [0.717, 1.165) is 24.8 Å². The van der Waals surface area contributed by atoms with E-state index in [1.165, 1.54) is 25.3 Å². The van der Waals surface area contributed by atoms with Crippen LogP contribution in [0.1, 0.15) is 53.6 Å². The van der Waals surface area contributed by atoms with Crippen molar-refractivity contribution in [3.05, 3.63) is 86.7 Å². The van der Waals surface area contributed by atoms with E-state index >= 15 is 0 Å². The maximum atomic E-state index is 12.8. The number of nitrogens with two attached hydrogens (primary N) is 1. The lowest BCUT2D eigenvalue weighted by atomic mass is 9.83. The van der Waals surface area contributed by atoms with Gasteiger partial charge in [-0.1, -0.05) is 55.1 Å². The van der Waals surface area contributed by atoms with Gasteiger partial charge in [-0.15, -0.1) is 0 Å². The highest BCUT2D eigenvalue weighted by molar-refractivity contribution is 6.37. The summed E-state index contributed by atoms with van der Waals surface area (Å²) in [6.07, 6.45) is 3.12. The fourth-order valence-electron chi connectivity index (χ4n) is 4.40. The Labute approximate surface area is 242 Å². The van der Waals surface area contributed by atoms with Gasteiger partial charge < -0.3 is 29.4 Å². The van der Waals surface area contributed by atoms with Crippen molar-refractivity contribution in [1.82, 2.24) is 0 Å². The molecule has 1 atom stereocenters. The number of methoxy groups -OCH3 is 2. The van der Waals surface area contributed by atoms with Crippen molar-refractivity contribution in [1.29, 1.82) is 5.26 Å². The van der Waals surface area contributed by atoms with Crippen molar-refractivity contribution in [2.24, 2.45) is 5.73 Å². The molecule has 0 saturated carbocycles. The predicted molar refractivity (Wildman–Crippen MR) is 152 cm³/mol. The molecule has 0 amide bonds. The average molecular weight is 583 g/mol. The van der Waals surface area contributed by atoms with Gasteiger partial charge in [0.1, 0.15) is 23.1 Å². The number of halogens is 2. The van der Waals surface area contributed by atoms with E-state index in [1.807, 2.05) is 18.2 Å². The maximum Gasteiger partial charge on any atom is 0.343 e. The monoisotopic (exact) mass is 582 g/mol. The van der Waals surface area contributed by atoms with Crippen molar-refractivity contribution in [2.45, 2.75) is 32.1 Å². The highest BCUT2D eigenvalue weighted by Gasteiger charge is 2.32. The molecule has 0 fully saturated rings. The molecule has 2 N–H and O–H groups in total. The summed E-state index contributed by atoms with van der Waals surface area (Å²) in [6, 6.07) is 15.4. The number of carbonyl (C=O) groups is 1. The largest absolute Gasteiger partial charge is 0.494 e. The number of carbonyl (C=O) groups excluding carboxylic acids is 1. The summed E-state index contributed by atoms with van der Waals surface area (Å²) in [5.41, 5.74) is 7.97. The zero-order chi connectivity index (χ0) is 28.8. The number of ether oxygens (including phenoxy) is 5. The Hall–Kier alpha value is -4.06. The molecule has 0 aromatic heterocycles. The molecule has 1 heterocycles. The fourth-order valence-corrected chi connectivity index (χ4v) is 5.04. The quantitative estimate of drug-likeness (QED) is 0.154. The van der Waals surface area contributed by atoms with Gasteiger partial charge in [0.15, 0.2) is 17.2 Å². The summed E-state index contributed by atoms with van der Waals surface area (Å²) >= 11 is 12.3. The van der Waals surface area contributed by atoms with Crippen LogP contribution in [-0.2, 0) is 0 Å². The molecule has 0 radical (unpaired) electrons. The van der Waals surface area contributed by atoms with Crippen LogP contribution < -0.4 is 29.4 Å². The van der Waals surface area contributed by atoms with E-state index < -0.39 is 11.9 Å². The molecule has 1 aliphatic rings. The first-order valence-electron chi connectivity index (χ1n) is 12.6. The molecular formula is C30H28Cl2N2O6. The molecule has 40 heavy (non-hydrogen) atoms. The Kier molecular flexibility index (Phi) is 9.30. The first-order chi connectivity index (χ1) is 19.3. The molecular weight excluding hydrogens is 555 g/mol. The van der Waals surface area contributed by atoms with Crippen molar-refractivity contribution in [2.75, 3.05) is 20.8 Å². The van der Waals surface area contributed by atoms with Gasteiger partial charge in [0.05, 0.1) is 42.4 Å². The van der Waals surface area contributed by atoms with Crippen LogP contribution in [0, 0.1) is 11.3 Å². The molecule has 3 aromatic carbocycles. The summed E-state index contributed by atoms with van der Waals surface area (Å²) in [5.74, 6) is 0.697. The molecule has 0 saturated heterocycles. The van der Waals surface area contributed by atoms with Crippen LogP contribution in [0.5, 0.6) is 28.7 Å². The summed E-state index contributed by atoms with van der Waals surface area (Å²) in [6.45, 7) is 2.71. The minimum Gasteiger partial charge on any atom is -0.494 e. The molecule has 0 bridgehead atoms. The van der Waals surface area contributed by atoms with Gasteiger partial charge in [-0.25, -0.2) is 4.79 Å². The van der Waals surface area contributed by atoms with Gasteiger partial charge in [0.2, 0.25) is 5.88 Å². The summed E-state index contributed by atoms with van der Waals surface area (Å²) < 4.78 is 27.9. The average Bonchev–Trinajstić information content (AvgIpc) is 2.94. The molecule has 0 spiro atoms. The van der Waals surface area contributed by atoms with Crippen molar-refractivity contribution >= 4 is 29.2 Å². The second kappa shape index (κ2) is 12.9. The Morgan fingerprint density at radius 3 is 2.42 bits per heavy atom. The van der Waals surface area contributed by atoms with Crippen molar-refractivity contribution in [3.63, 3.8) is 0 Å². The molecule has 0 aliphatic carbocycles. The number of fused-ring (bicyclic) bond motifs is 1. The molecule has 8 nitrogen and oxygen atoms in total. The minimum atomic E-state index is -0.681. The molecule has 1 unspecified atom stereocenters. The Morgan fingerprint density at radius 1 is 1.02 bits per heavy atom. The lowest BCUT2D eigenvalue weighted by Crippen LogP contribution is -2.21. The maximum absolute atomic E-state index is 12.8. The third-order valence-corrected chi connectivity index (χ3v) is 6.93. The molecule has 4 rings (SSSR count). The lowest BCUT2D eigenvalue weighted by Gasteiger charge is -2.27. The van der Waals surface area contributed by atoms with Crippen LogP contribution in [0.2, 0.25) is 10.0 Å².